The highest BCUT2D eigenvalue weighted by atomic mass is 79.9. The number of hydrogen-bond acceptors (Lipinski definition) is 4. The summed E-state index contributed by atoms with van der Waals surface area (Å²) in [6.45, 7) is 5.76. The molecular formula is C18H20BrNO3S. The van der Waals surface area contributed by atoms with Gasteiger partial charge in [-0.15, -0.1) is 11.3 Å². The summed E-state index contributed by atoms with van der Waals surface area (Å²) in [6, 6.07) is 7.38. The lowest BCUT2D eigenvalue weighted by molar-refractivity contribution is -0.119. The number of carbonyl (C=O) groups is 2. The van der Waals surface area contributed by atoms with Crippen molar-refractivity contribution in [3.05, 3.63) is 49.6 Å². The third-order valence-electron chi connectivity index (χ3n) is 3.53. The molecule has 0 aliphatic rings. The van der Waals surface area contributed by atoms with Crippen LogP contribution in [0.15, 0.2) is 28.7 Å². The van der Waals surface area contributed by atoms with Gasteiger partial charge in [-0.3, -0.25) is 4.79 Å². The van der Waals surface area contributed by atoms with Crippen LogP contribution in [-0.4, -0.2) is 18.5 Å². The van der Waals surface area contributed by atoms with Gasteiger partial charge in [-0.1, -0.05) is 35.3 Å². The van der Waals surface area contributed by atoms with E-state index in [1.165, 1.54) is 16.9 Å². The molecule has 2 aromatic rings. The number of esters is 1. The minimum absolute atomic E-state index is 0.301. The van der Waals surface area contributed by atoms with Crippen LogP contribution in [-0.2, 0) is 16.0 Å². The number of benzene rings is 1. The Hall–Kier alpha value is -1.66. The summed E-state index contributed by atoms with van der Waals surface area (Å²) in [5.41, 5.74) is 2.91. The number of rotatable bonds is 6. The van der Waals surface area contributed by atoms with Crippen LogP contribution in [0.2, 0.25) is 0 Å². The molecule has 1 N–H and O–H groups in total. The maximum absolute atomic E-state index is 12.1. The third-order valence-corrected chi connectivity index (χ3v) is 5.46. The molecule has 24 heavy (non-hydrogen) atoms. The maximum Gasteiger partial charge on any atom is 0.348 e. The van der Waals surface area contributed by atoms with Crippen LogP contribution in [0, 0.1) is 13.8 Å². The van der Waals surface area contributed by atoms with Gasteiger partial charge < -0.3 is 10.1 Å². The van der Waals surface area contributed by atoms with Gasteiger partial charge in [0.2, 0.25) is 0 Å². The van der Waals surface area contributed by atoms with Crippen molar-refractivity contribution in [1.29, 1.82) is 0 Å². The Morgan fingerprint density at radius 1 is 1.25 bits per heavy atom. The Kier molecular flexibility index (Phi) is 6.57. The molecule has 0 saturated heterocycles. The Morgan fingerprint density at radius 2 is 2.00 bits per heavy atom. The van der Waals surface area contributed by atoms with Gasteiger partial charge in [0.25, 0.3) is 5.91 Å². The van der Waals surface area contributed by atoms with E-state index in [1.54, 1.807) is 6.07 Å². The number of carbonyl (C=O) groups excluding carboxylic acids is 2. The van der Waals surface area contributed by atoms with Crippen molar-refractivity contribution in [2.45, 2.75) is 33.6 Å². The Labute approximate surface area is 154 Å². The number of thiophene rings is 1. The minimum Gasteiger partial charge on any atom is -0.451 e. The lowest BCUT2D eigenvalue weighted by atomic mass is 10.1. The highest BCUT2D eigenvalue weighted by Gasteiger charge is 2.15. The number of hydrogen-bond donors (Lipinski definition) is 1. The number of ether oxygens (including phenoxy) is 1. The molecule has 0 spiro atoms. The summed E-state index contributed by atoms with van der Waals surface area (Å²) in [5, 5.41) is 2.71. The molecular weight excluding hydrogens is 390 g/mol. The largest absolute Gasteiger partial charge is 0.451 e. The van der Waals surface area contributed by atoms with Crippen LogP contribution in [0.5, 0.6) is 0 Å². The highest BCUT2D eigenvalue weighted by Crippen LogP contribution is 2.24. The van der Waals surface area contributed by atoms with Gasteiger partial charge >= 0.3 is 5.97 Å². The second-order valence-corrected chi connectivity index (χ2v) is 7.64. The van der Waals surface area contributed by atoms with Crippen LogP contribution in [0.4, 0.5) is 5.69 Å². The number of nitrogens with one attached hydrogen (secondary N) is 1. The first kappa shape index (κ1) is 18.7. The first-order valence-corrected chi connectivity index (χ1v) is 9.34. The van der Waals surface area contributed by atoms with E-state index in [1.807, 2.05) is 32.0 Å². The van der Waals surface area contributed by atoms with Crippen molar-refractivity contribution in [3.63, 3.8) is 0 Å². The predicted octanol–water partition coefficient (Wildman–Crippen LogP) is 4.88. The van der Waals surface area contributed by atoms with E-state index >= 15 is 0 Å². The van der Waals surface area contributed by atoms with Gasteiger partial charge in [-0.25, -0.2) is 4.79 Å². The zero-order chi connectivity index (χ0) is 17.7. The molecule has 0 radical (unpaired) electrons. The second kappa shape index (κ2) is 8.44. The molecule has 2 rings (SSSR count). The first-order chi connectivity index (χ1) is 11.4. The van der Waals surface area contributed by atoms with Crippen LogP contribution >= 0.6 is 27.3 Å². The summed E-state index contributed by atoms with van der Waals surface area (Å²) in [6.07, 6.45) is 1.97. The van der Waals surface area contributed by atoms with Crippen molar-refractivity contribution in [3.8, 4) is 0 Å². The zero-order valence-corrected chi connectivity index (χ0v) is 16.3. The molecule has 0 fully saturated rings. The lowest BCUT2D eigenvalue weighted by Crippen LogP contribution is -2.20. The molecule has 1 amide bonds. The molecule has 4 nitrogen and oxygen atoms in total. The molecule has 6 heteroatoms. The van der Waals surface area contributed by atoms with Crippen LogP contribution in [0.25, 0.3) is 0 Å². The van der Waals surface area contributed by atoms with Gasteiger partial charge in [0.15, 0.2) is 6.61 Å². The quantitative estimate of drug-likeness (QED) is 0.691. The van der Waals surface area contributed by atoms with Crippen molar-refractivity contribution in [2.24, 2.45) is 0 Å². The van der Waals surface area contributed by atoms with E-state index < -0.39 is 5.97 Å². The van der Waals surface area contributed by atoms with Crippen LogP contribution in [0.3, 0.4) is 0 Å². The summed E-state index contributed by atoms with van der Waals surface area (Å²) in [5.74, 6) is -0.813. The van der Waals surface area contributed by atoms with Gasteiger partial charge in [0.05, 0.1) is 0 Å². The first-order valence-electron chi connectivity index (χ1n) is 7.73. The molecule has 0 unspecified atom stereocenters. The monoisotopic (exact) mass is 409 g/mol. The molecule has 0 bridgehead atoms. The second-order valence-electron chi connectivity index (χ2n) is 5.53. The predicted molar refractivity (Wildman–Crippen MR) is 101 cm³/mol. The smallest absolute Gasteiger partial charge is 0.348 e. The van der Waals surface area contributed by atoms with Gasteiger partial charge in [0.1, 0.15) is 4.88 Å². The minimum atomic E-state index is -0.453. The molecule has 0 atom stereocenters. The average Bonchev–Trinajstić information content (AvgIpc) is 2.90. The van der Waals surface area contributed by atoms with E-state index in [2.05, 4.69) is 28.2 Å². The maximum atomic E-state index is 12.1. The Bertz CT molecular complexity index is 755. The average molecular weight is 410 g/mol. The van der Waals surface area contributed by atoms with Gasteiger partial charge in [-0.2, -0.15) is 0 Å². The van der Waals surface area contributed by atoms with Crippen molar-refractivity contribution >= 4 is 44.8 Å². The van der Waals surface area contributed by atoms with Gasteiger partial charge in [0, 0.05) is 15.0 Å². The van der Waals surface area contributed by atoms with E-state index in [-0.39, 0.29) is 12.5 Å². The molecule has 1 heterocycles. The van der Waals surface area contributed by atoms with Crippen LogP contribution in [0.1, 0.15) is 39.0 Å². The van der Waals surface area contributed by atoms with E-state index in [4.69, 9.17) is 4.74 Å². The fourth-order valence-electron chi connectivity index (χ4n) is 2.21. The summed E-state index contributed by atoms with van der Waals surface area (Å²) >= 11 is 4.82. The topological polar surface area (TPSA) is 55.4 Å². The number of halogens is 1. The zero-order valence-electron chi connectivity index (χ0n) is 13.9. The normalized spacial score (nSPS) is 10.5. The lowest BCUT2D eigenvalue weighted by Gasteiger charge is -2.07. The Balaban J connectivity index is 1.90. The molecule has 1 aromatic heterocycles. The highest BCUT2D eigenvalue weighted by molar-refractivity contribution is 9.10. The van der Waals surface area contributed by atoms with E-state index in [9.17, 15) is 9.59 Å². The van der Waals surface area contributed by atoms with Crippen molar-refractivity contribution in [1.82, 2.24) is 0 Å². The van der Waals surface area contributed by atoms with Gasteiger partial charge in [-0.05, 0) is 49.6 Å². The number of anilines is 1. The summed E-state index contributed by atoms with van der Waals surface area (Å²) in [7, 11) is 0. The molecule has 1 aromatic carbocycles. The summed E-state index contributed by atoms with van der Waals surface area (Å²) in [4.78, 5) is 25.7. The molecule has 0 saturated carbocycles. The fourth-order valence-corrected chi connectivity index (χ4v) is 3.55. The molecule has 128 valence electrons. The van der Waals surface area contributed by atoms with E-state index in [0.29, 0.717) is 10.6 Å². The third kappa shape index (κ3) is 4.92. The van der Waals surface area contributed by atoms with Crippen molar-refractivity contribution in [2.75, 3.05) is 11.9 Å². The van der Waals surface area contributed by atoms with Crippen molar-refractivity contribution < 1.29 is 14.3 Å². The Morgan fingerprint density at radius 3 is 2.67 bits per heavy atom. The van der Waals surface area contributed by atoms with Crippen LogP contribution < -0.4 is 5.32 Å². The SMILES string of the molecule is CCCc1cc(C(=O)OCC(=O)Nc2ccc(C)c(Br)c2)sc1C. The fraction of sp³-hybridized carbons (Fsp3) is 0.333. The molecule has 0 aliphatic carbocycles. The number of aryl methyl sites for hydroxylation is 3. The molecule has 0 aliphatic heterocycles. The van der Waals surface area contributed by atoms with E-state index in [0.717, 1.165) is 27.8 Å². The number of amides is 1. The summed E-state index contributed by atoms with van der Waals surface area (Å²) < 4.78 is 6.02. The standard InChI is InChI=1S/C18H20BrNO3S/c1-4-5-13-8-16(24-12(13)3)18(22)23-10-17(21)20-14-7-6-11(2)15(19)9-14/h6-9H,4-5,10H2,1-3H3,(H,20,21).